The first kappa shape index (κ1) is 20.6. The van der Waals surface area contributed by atoms with E-state index in [0.29, 0.717) is 36.0 Å². The average molecular weight is 423 g/mol. The van der Waals surface area contributed by atoms with Gasteiger partial charge in [-0.05, 0) is 44.2 Å². The van der Waals surface area contributed by atoms with Gasteiger partial charge in [-0.25, -0.2) is 8.42 Å². The van der Waals surface area contributed by atoms with Crippen molar-refractivity contribution in [2.75, 3.05) is 32.8 Å². The van der Waals surface area contributed by atoms with Crippen LogP contribution in [0.4, 0.5) is 0 Å². The maximum absolute atomic E-state index is 12.8. The number of halogens is 1. The van der Waals surface area contributed by atoms with Gasteiger partial charge in [0.25, 0.3) is 5.91 Å². The standard InChI is InChI=1S/C20H23ClN2O4S/c1-3-27-19-9-6-16(14-18(19)21)20(24)22-10-12-23(13-11-22)28(25,26)17-7-4-15(2)5-8-17/h4-9,14H,3,10-13H2,1-2H3. The Bertz CT molecular complexity index is 953. The zero-order chi connectivity index (χ0) is 20.3. The van der Waals surface area contributed by atoms with Crippen LogP contribution in [0.2, 0.25) is 5.02 Å². The highest BCUT2D eigenvalue weighted by molar-refractivity contribution is 7.89. The number of hydrogen-bond acceptors (Lipinski definition) is 4. The molecular weight excluding hydrogens is 400 g/mol. The van der Waals surface area contributed by atoms with E-state index in [4.69, 9.17) is 16.3 Å². The van der Waals surface area contributed by atoms with Crippen molar-refractivity contribution in [3.63, 3.8) is 0 Å². The Labute approximate surface area is 170 Å². The van der Waals surface area contributed by atoms with Crippen molar-refractivity contribution in [3.05, 3.63) is 58.6 Å². The molecule has 0 bridgehead atoms. The monoisotopic (exact) mass is 422 g/mol. The summed E-state index contributed by atoms with van der Waals surface area (Å²) in [6.07, 6.45) is 0. The van der Waals surface area contributed by atoms with Crippen LogP contribution in [0.15, 0.2) is 47.4 Å². The molecule has 0 saturated carbocycles. The quantitative estimate of drug-likeness (QED) is 0.742. The lowest BCUT2D eigenvalue weighted by Gasteiger charge is -2.34. The fraction of sp³-hybridized carbons (Fsp3) is 0.350. The maximum Gasteiger partial charge on any atom is 0.253 e. The number of rotatable bonds is 5. The summed E-state index contributed by atoms with van der Waals surface area (Å²) >= 11 is 6.17. The summed E-state index contributed by atoms with van der Waals surface area (Å²) in [5.74, 6) is 0.368. The number of aryl methyl sites for hydroxylation is 1. The van der Waals surface area contributed by atoms with Crippen molar-refractivity contribution in [2.45, 2.75) is 18.7 Å². The van der Waals surface area contributed by atoms with E-state index < -0.39 is 10.0 Å². The molecule has 0 radical (unpaired) electrons. The highest BCUT2D eigenvalue weighted by Gasteiger charge is 2.30. The molecule has 1 amide bonds. The second kappa shape index (κ2) is 8.51. The highest BCUT2D eigenvalue weighted by atomic mass is 35.5. The van der Waals surface area contributed by atoms with Crippen LogP contribution in [0.25, 0.3) is 0 Å². The van der Waals surface area contributed by atoms with Crippen molar-refractivity contribution in [1.29, 1.82) is 0 Å². The van der Waals surface area contributed by atoms with Gasteiger partial charge in [0.2, 0.25) is 10.0 Å². The molecule has 1 aliphatic rings. The predicted octanol–water partition coefficient (Wildman–Crippen LogP) is 3.19. The topological polar surface area (TPSA) is 66.9 Å². The Hall–Kier alpha value is -2.09. The van der Waals surface area contributed by atoms with Gasteiger partial charge in [-0.15, -0.1) is 0 Å². The van der Waals surface area contributed by atoms with Crippen molar-refractivity contribution in [2.24, 2.45) is 0 Å². The number of piperazine rings is 1. The molecule has 0 N–H and O–H groups in total. The van der Waals surface area contributed by atoms with Crippen molar-refractivity contribution in [1.82, 2.24) is 9.21 Å². The normalized spacial score (nSPS) is 15.5. The Morgan fingerprint density at radius 1 is 1.07 bits per heavy atom. The van der Waals surface area contributed by atoms with Gasteiger partial charge >= 0.3 is 0 Å². The second-order valence-corrected chi connectivity index (χ2v) is 8.93. The molecule has 28 heavy (non-hydrogen) atoms. The predicted molar refractivity (Wildman–Crippen MR) is 108 cm³/mol. The summed E-state index contributed by atoms with van der Waals surface area (Å²) in [6, 6.07) is 11.7. The number of ether oxygens (including phenoxy) is 1. The summed E-state index contributed by atoms with van der Waals surface area (Å²) < 4.78 is 32.4. The van der Waals surface area contributed by atoms with Crippen LogP contribution < -0.4 is 4.74 Å². The minimum absolute atomic E-state index is 0.169. The summed E-state index contributed by atoms with van der Waals surface area (Å²) in [4.78, 5) is 14.7. The fourth-order valence-electron chi connectivity index (χ4n) is 3.08. The van der Waals surface area contributed by atoms with Crippen LogP contribution in [0, 0.1) is 6.92 Å². The van der Waals surface area contributed by atoms with Gasteiger partial charge in [-0.3, -0.25) is 4.79 Å². The number of amides is 1. The number of nitrogens with zero attached hydrogens (tertiary/aromatic N) is 2. The van der Waals surface area contributed by atoms with E-state index in [-0.39, 0.29) is 23.9 Å². The Kier molecular flexibility index (Phi) is 6.27. The number of carbonyl (C=O) groups is 1. The molecule has 1 aliphatic heterocycles. The van der Waals surface area contributed by atoms with Gasteiger partial charge in [-0.2, -0.15) is 4.31 Å². The minimum Gasteiger partial charge on any atom is -0.492 e. The van der Waals surface area contributed by atoms with Gasteiger partial charge in [0.15, 0.2) is 0 Å². The largest absolute Gasteiger partial charge is 0.492 e. The van der Waals surface area contributed by atoms with E-state index in [9.17, 15) is 13.2 Å². The molecule has 8 heteroatoms. The molecule has 0 aliphatic carbocycles. The highest BCUT2D eigenvalue weighted by Crippen LogP contribution is 2.26. The number of sulfonamides is 1. The molecule has 0 atom stereocenters. The molecule has 0 unspecified atom stereocenters. The van der Waals surface area contributed by atoms with Gasteiger partial charge in [0.05, 0.1) is 16.5 Å². The minimum atomic E-state index is -3.55. The summed E-state index contributed by atoms with van der Waals surface area (Å²) in [7, 11) is -3.55. The zero-order valence-electron chi connectivity index (χ0n) is 15.9. The maximum atomic E-state index is 12.8. The van der Waals surface area contributed by atoms with E-state index in [1.807, 2.05) is 13.8 Å². The van der Waals surface area contributed by atoms with E-state index in [2.05, 4.69) is 0 Å². The first-order valence-electron chi connectivity index (χ1n) is 9.11. The molecule has 2 aromatic rings. The fourth-order valence-corrected chi connectivity index (χ4v) is 4.74. The summed E-state index contributed by atoms with van der Waals surface area (Å²) in [6.45, 7) is 5.43. The first-order valence-corrected chi connectivity index (χ1v) is 10.9. The zero-order valence-corrected chi connectivity index (χ0v) is 17.5. The van der Waals surface area contributed by atoms with E-state index in [1.165, 1.54) is 4.31 Å². The van der Waals surface area contributed by atoms with Crippen molar-refractivity contribution >= 4 is 27.5 Å². The Balaban J connectivity index is 1.67. The third-order valence-electron chi connectivity index (χ3n) is 4.66. The van der Waals surface area contributed by atoms with Crippen LogP contribution in [-0.2, 0) is 10.0 Å². The summed E-state index contributed by atoms with van der Waals surface area (Å²) in [5.41, 5.74) is 1.46. The van der Waals surface area contributed by atoms with Gasteiger partial charge in [0.1, 0.15) is 5.75 Å². The Morgan fingerprint density at radius 2 is 1.71 bits per heavy atom. The lowest BCUT2D eigenvalue weighted by molar-refractivity contribution is 0.0698. The molecule has 3 rings (SSSR count). The van der Waals surface area contributed by atoms with E-state index >= 15 is 0 Å². The van der Waals surface area contributed by atoms with Gasteiger partial charge in [0, 0.05) is 31.7 Å². The molecule has 6 nitrogen and oxygen atoms in total. The molecule has 1 saturated heterocycles. The van der Waals surface area contributed by atoms with E-state index in [1.54, 1.807) is 47.4 Å². The van der Waals surface area contributed by atoms with Crippen LogP contribution in [0.3, 0.4) is 0 Å². The molecule has 1 fully saturated rings. The lowest BCUT2D eigenvalue weighted by Crippen LogP contribution is -2.50. The van der Waals surface area contributed by atoms with Crippen LogP contribution in [0.1, 0.15) is 22.8 Å². The third-order valence-corrected chi connectivity index (χ3v) is 6.87. The van der Waals surface area contributed by atoms with Crippen LogP contribution >= 0.6 is 11.6 Å². The van der Waals surface area contributed by atoms with Gasteiger partial charge < -0.3 is 9.64 Å². The van der Waals surface area contributed by atoms with Crippen molar-refractivity contribution < 1.29 is 17.9 Å². The molecule has 150 valence electrons. The summed E-state index contributed by atoms with van der Waals surface area (Å²) in [5, 5.41) is 0.383. The van der Waals surface area contributed by atoms with Crippen LogP contribution in [-0.4, -0.2) is 56.3 Å². The first-order chi connectivity index (χ1) is 13.3. The van der Waals surface area contributed by atoms with Crippen LogP contribution in [0.5, 0.6) is 5.75 Å². The number of benzene rings is 2. The molecular formula is C20H23ClN2O4S. The molecule has 1 heterocycles. The Morgan fingerprint density at radius 3 is 2.29 bits per heavy atom. The smallest absolute Gasteiger partial charge is 0.253 e. The van der Waals surface area contributed by atoms with Crippen molar-refractivity contribution in [3.8, 4) is 5.75 Å². The second-order valence-electron chi connectivity index (χ2n) is 6.59. The number of hydrogen-bond donors (Lipinski definition) is 0. The number of carbonyl (C=O) groups excluding carboxylic acids is 1. The SMILES string of the molecule is CCOc1ccc(C(=O)N2CCN(S(=O)(=O)c3ccc(C)cc3)CC2)cc1Cl. The average Bonchev–Trinajstić information content (AvgIpc) is 2.69. The molecule has 0 aromatic heterocycles. The van der Waals surface area contributed by atoms with Gasteiger partial charge in [-0.1, -0.05) is 29.3 Å². The van der Waals surface area contributed by atoms with E-state index in [0.717, 1.165) is 5.56 Å². The molecule has 2 aromatic carbocycles. The molecule has 0 spiro atoms. The third kappa shape index (κ3) is 4.32. The lowest BCUT2D eigenvalue weighted by atomic mass is 10.1.